The highest BCUT2D eigenvalue weighted by Crippen LogP contribution is 2.36. The lowest BCUT2D eigenvalue weighted by atomic mass is 9.97. The fourth-order valence-electron chi connectivity index (χ4n) is 2.89. The second-order valence-electron chi connectivity index (χ2n) is 5.61. The molecule has 4 heteroatoms. The summed E-state index contributed by atoms with van der Waals surface area (Å²) in [5.74, 6) is 2.72. The van der Waals surface area contributed by atoms with E-state index in [1.165, 1.54) is 25.7 Å². The topological polar surface area (TPSA) is 37.4 Å². The monoisotopic (exact) mass is 261 g/mol. The number of ether oxygens (including phenoxy) is 1. The van der Waals surface area contributed by atoms with Gasteiger partial charge in [0, 0.05) is 18.8 Å². The van der Waals surface area contributed by atoms with Crippen LogP contribution in [0.3, 0.4) is 0 Å². The van der Waals surface area contributed by atoms with Gasteiger partial charge < -0.3 is 15.0 Å². The van der Waals surface area contributed by atoms with Crippen LogP contribution in [-0.2, 0) is 0 Å². The Bertz CT molecular complexity index is 414. The van der Waals surface area contributed by atoms with Crippen molar-refractivity contribution in [2.45, 2.75) is 31.7 Å². The van der Waals surface area contributed by atoms with Crippen molar-refractivity contribution in [1.82, 2.24) is 10.3 Å². The summed E-state index contributed by atoms with van der Waals surface area (Å²) < 4.78 is 5.48. The molecule has 4 nitrogen and oxygen atoms in total. The molecular formula is C15H23N3O. The summed E-state index contributed by atoms with van der Waals surface area (Å²) in [6, 6.07) is 4.64. The standard InChI is InChI=1S/C15H23N3O/c1-19-14-3-2-8-17-15(14)18(13-4-5-13)11-12-6-9-16-10-7-12/h2-3,8,12-13,16H,4-7,9-11H2,1H3. The van der Waals surface area contributed by atoms with Crippen molar-refractivity contribution >= 4 is 5.82 Å². The summed E-state index contributed by atoms with van der Waals surface area (Å²) in [4.78, 5) is 7.04. The molecular weight excluding hydrogens is 238 g/mol. The summed E-state index contributed by atoms with van der Waals surface area (Å²) in [5.41, 5.74) is 0. The van der Waals surface area contributed by atoms with Crippen molar-refractivity contribution in [2.24, 2.45) is 5.92 Å². The SMILES string of the molecule is COc1cccnc1N(CC1CCNCC1)C1CC1. The van der Waals surface area contributed by atoms with E-state index in [0.717, 1.165) is 37.1 Å². The molecule has 2 heterocycles. The van der Waals surface area contributed by atoms with Gasteiger partial charge in [0.25, 0.3) is 0 Å². The van der Waals surface area contributed by atoms with Gasteiger partial charge in [-0.05, 0) is 56.8 Å². The van der Waals surface area contributed by atoms with Crippen molar-refractivity contribution in [3.05, 3.63) is 18.3 Å². The van der Waals surface area contributed by atoms with Crippen LogP contribution in [0, 0.1) is 5.92 Å². The molecule has 0 unspecified atom stereocenters. The minimum Gasteiger partial charge on any atom is -0.493 e. The highest BCUT2D eigenvalue weighted by Gasteiger charge is 2.33. The molecule has 0 radical (unpaired) electrons. The van der Waals surface area contributed by atoms with Crippen LogP contribution < -0.4 is 15.0 Å². The van der Waals surface area contributed by atoms with Gasteiger partial charge >= 0.3 is 0 Å². The molecule has 1 aliphatic heterocycles. The quantitative estimate of drug-likeness (QED) is 0.880. The van der Waals surface area contributed by atoms with Gasteiger partial charge in [0.1, 0.15) is 0 Å². The fourth-order valence-corrected chi connectivity index (χ4v) is 2.89. The molecule has 0 bridgehead atoms. The Morgan fingerprint density at radius 1 is 1.32 bits per heavy atom. The van der Waals surface area contributed by atoms with Crippen LogP contribution in [0.5, 0.6) is 5.75 Å². The lowest BCUT2D eigenvalue weighted by molar-refractivity contribution is 0.368. The lowest BCUT2D eigenvalue weighted by Crippen LogP contribution is -2.37. The highest BCUT2D eigenvalue weighted by atomic mass is 16.5. The van der Waals surface area contributed by atoms with Crippen LogP contribution in [0.15, 0.2) is 18.3 Å². The third kappa shape index (κ3) is 3.00. The molecule has 1 aromatic heterocycles. The molecule has 3 rings (SSSR count). The molecule has 2 fully saturated rings. The summed E-state index contributed by atoms with van der Waals surface area (Å²) in [5, 5.41) is 3.44. The van der Waals surface area contributed by atoms with Crippen molar-refractivity contribution in [3.8, 4) is 5.75 Å². The van der Waals surface area contributed by atoms with E-state index in [9.17, 15) is 0 Å². The first-order chi connectivity index (χ1) is 9.38. The van der Waals surface area contributed by atoms with Gasteiger partial charge in [-0.15, -0.1) is 0 Å². The Labute approximate surface area is 115 Å². The average Bonchev–Trinajstić information content (AvgIpc) is 3.30. The maximum atomic E-state index is 5.48. The van der Waals surface area contributed by atoms with E-state index >= 15 is 0 Å². The third-order valence-corrected chi connectivity index (χ3v) is 4.14. The average molecular weight is 261 g/mol. The first kappa shape index (κ1) is 12.7. The predicted octanol–water partition coefficient (Wildman–Crippen LogP) is 2.06. The van der Waals surface area contributed by atoms with Gasteiger partial charge in [-0.1, -0.05) is 0 Å². The third-order valence-electron chi connectivity index (χ3n) is 4.14. The maximum Gasteiger partial charge on any atom is 0.171 e. The Morgan fingerprint density at radius 2 is 2.11 bits per heavy atom. The largest absolute Gasteiger partial charge is 0.493 e. The van der Waals surface area contributed by atoms with Gasteiger partial charge in [-0.2, -0.15) is 0 Å². The molecule has 0 amide bonds. The van der Waals surface area contributed by atoms with E-state index < -0.39 is 0 Å². The van der Waals surface area contributed by atoms with Crippen LogP contribution in [0.1, 0.15) is 25.7 Å². The Morgan fingerprint density at radius 3 is 2.79 bits per heavy atom. The molecule has 19 heavy (non-hydrogen) atoms. The van der Waals surface area contributed by atoms with Gasteiger partial charge in [0.2, 0.25) is 0 Å². The van der Waals surface area contributed by atoms with Gasteiger partial charge in [0.15, 0.2) is 11.6 Å². The summed E-state index contributed by atoms with van der Waals surface area (Å²) >= 11 is 0. The molecule has 1 saturated heterocycles. The van der Waals surface area contributed by atoms with Gasteiger partial charge in [0.05, 0.1) is 7.11 Å². The number of hydrogen-bond donors (Lipinski definition) is 1. The van der Waals surface area contributed by atoms with E-state index in [2.05, 4.69) is 15.2 Å². The zero-order valence-electron chi connectivity index (χ0n) is 11.6. The molecule has 0 atom stereocenters. The number of pyridine rings is 1. The predicted molar refractivity (Wildman–Crippen MR) is 76.8 cm³/mol. The normalized spacial score (nSPS) is 20.3. The number of anilines is 1. The number of piperidine rings is 1. The second kappa shape index (κ2) is 5.78. The summed E-state index contributed by atoms with van der Waals surface area (Å²) in [6.07, 6.45) is 7.02. The van der Waals surface area contributed by atoms with Crippen molar-refractivity contribution in [1.29, 1.82) is 0 Å². The van der Waals surface area contributed by atoms with Gasteiger partial charge in [-0.25, -0.2) is 4.98 Å². The Hall–Kier alpha value is -1.29. The molecule has 1 N–H and O–H groups in total. The molecule has 2 aliphatic rings. The van der Waals surface area contributed by atoms with E-state index in [4.69, 9.17) is 4.74 Å². The van der Waals surface area contributed by atoms with Crippen molar-refractivity contribution < 1.29 is 4.74 Å². The second-order valence-corrected chi connectivity index (χ2v) is 5.61. The van der Waals surface area contributed by atoms with Crippen LogP contribution in [0.25, 0.3) is 0 Å². The fraction of sp³-hybridized carbons (Fsp3) is 0.667. The zero-order chi connectivity index (χ0) is 13.1. The van der Waals surface area contributed by atoms with Crippen molar-refractivity contribution in [3.63, 3.8) is 0 Å². The molecule has 0 aromatic carbocycles. The van der Waals surface area contributed by atoms with Gasteiger partial charge in [-0.3, -0.25) is 0 Å². The number of hydrogen-bond acceptors (Lipinski definition) is 4. The number of nitrogens with one attached hydrogen (secondary N) is 1. The minimum absolute atomic E-state index is 0.679. The number of rotatable bonds is 5. The van der Waals surface area contributed by atoms with E-state index in [-0.39, 0.29) is 0 Å². The molecule has 1 aromatic rings. The number of aromatic nitrogens is 1. The minimum atomic E-state index is 0.679. The maximum absolute atomic E-state index is 5.48. The van der Waals surface area contributed by atoms with E-state index in [0.29, 0.717) is 6.04 Å². The first-order valence-electron chi connectivity index (χ1n) is 7.35. The van der Waals surface area contributed by atoms with Crippen LogP contribution in [-0.4, -0.2) is 37.8 Å². The summed E-state index contributed by atoms with van der Waals surface area (Å²) in [7, 11) is 1.73. The van der Waals surface area contributed by atoms with E-state index in [1.54, 1.807) is 7.11 Å². The van der Waals surface area contributed by atoms with Crippen LogP contribution >= 0.6 is 0 Å². The first-order valence-corrected chi connectivity index (χ1v) is 7.35. The lowest BCUT2D eigenvalue weighted by Gasteiger charge is -2.31. The highest BCUT2D eigenvalue weighted by molar-refractivity contribution is 5.53. The van der Waals surface area contributed by atoms with Crippen LogP contribution in [0.4, 0.5) is 5.82 Å². The number of methoxy groups -OCH3 is 1. The van der Waals surface area contributed by atoms with Crippen molar-refractivity contribution in [2.75, 3.05) is 31.6 Å². The van der Waals surface area contributed by atoms with E-state index in [1.807, 2.05) is 18.3 Å². The molecule has 104 valence electrons. The smallest absolute Gasteiger partial charge is 0.171 e. The Kier molecular flexibility index (Phi) is 3.87. The molecule has 1 aliphatic carbocycles. The molecule has 1 saturated carbocycles. The van der Waals surface area contributed by atoms with Crippen LogP contribution in [0.2, 0.25) is 0 Å². The Balaban J connectivity index is 1.76. The summed E-state index contributed by atoms with van der Waals surface area (Å²) in [6.45, 7) is 3.44. The molecule has 0 spiro atoms. The number of nitrogens with zero attached hydrogens (tertiary/aromatic N) is 2. The zero-order valence-corrected chi connectivity index (χ0v) is 11.6.